The highest BCUT2D eigenvalue weighted by atomic mass is 32.2. The van der Waals surface area contributed by atoms with E-state index in [1.165, 1.54) is 9.81 Å². The summed E-state index contributed by atoms with van der Waals surface area (Å²) in [5, 5.41) is 3.88. The molecule has 2 aliphatic heterocycles. The molecule has 4 rings (SSSR count). The maximum Gasteiger partial charge on any atom is 0.232 e. The van der Waals surface area contributed by atoms with Crippen molar-refractivity contribution in [1.82, 2.24) is 4.98 Å². The first-order valence-corrected chi connectivity index (χ1v) is 11.0. The standard InChI is InChI=1S/C23H26N2O3S/c1-3-28-21-12-20(22-8-6-4-5-7-15(2)29-22)25-19-10-9-17(11-18(19)21)24-23(26)16-13-27-14-16/h7-12,16H,3-6,13-14H2,1-2H3,(H,24,26)/b15-7+,22-8-. The number of ether oxygens (including phenoxy) is 2. The van der Waals surface area contributed by atoms with E-state index in [0.717, 1.165) is 47.3 Å². The van der Waals surface area contributed by atoms with E-state index in [2.05, 4.69) is 24.4 Å². The largest absolute Gasteiger partial charge is 0.493 e. The summed E-state index contributed by atoms with van der Waals surface area (Å²) >= 11 is 1.77. The van der Waals surface area contributed by atoms with Gasteiger partial charge in [-0.25, -0.2) is 4.98 Å². The predicted octanol–water partition coefficient (Wildman–Crippen LogP) is 5.38. The zero-order valence-electron chi connectivity index (χ0n) is 16.9. The highest BCUT2D eigenvalue weighted by Gasteiger charge is 2.26. The summed E-state index contributed by atoms with van der Waals surface area (Å²) in [6.07, 6.45) is 7.90. The fourth-order valence-corrected chi connectivity index (χ4v) is 4.33. The molecule has 2 aliphatic rings. The molecule has 6 heteroatoms. The van der Waals surface area contributed by atoms with Gasteiger partial charge in [0.05, 0.1) is 36.9 Å². The number of nitrogens with one attached hydrogen (secondary N) is 1. The number of aromatic nitrogens is 1. The maximum atomic E-state index is 12.2. The van der Waals surface area contributed by atoms with Gasteiger partial charge in [-0.15, -0.1) is 0 Å². The fraction of sp³-hybridized carbons (Fsp3) is 0.391. The van der Waals surface area contributed by atoms with E-state index in [-0.39, 0.29) is 11.8 Å². The molecule has 0 unspecified atom stereocenters. The number of pyridine rings is 1. The first kappa shape index (κ1) is 20.0. The van der Waals surface area contributed by atoms with E-state index >= 15 is 0 Å². The molecular formula is C23H26N2O3S. The molecule has 1 aromatic heterocycles. The van der Waals surface area contributed by atoms with Gasteiger partial charge in [-0.3, -0.25) is 4.79 Å². The minimum atomic E-state index is -0.0582. The summed E-state index contributed by atoms with van der Waals surface area (Å²) in [5.74, 6) is 0.731. The molecule has 2 aromatic rings. The third-order valence-electron chi connectivity index (χ3n) is 5.04. The molecule has 0 radical (unpaired) electrons. The lowest BCUT2D eigenvalue weighted by atomic mass is 10.1. The van der Waals surface area contributed by atoms with Crippen molar-refractivity contribution in [2.24, 2.45) is 5.92 Å². The molecule has 0 bridgehead atoms. The van der Waals surface area contributed by atoms with Crippen LogP contribution in [0.25, 0.3) is 15.8 Å². The number of benzene rings is 1. The summed E-state index contributed by atoms with van der Waals surface area (Å²) in [5.41, 5.74) is 2.55. The normalized spacial score (nSPS) is 21.2. The Balaban J connectivity index is 1.68. The van der Waals surface area contributed by atoms with Gasteiger partial charge in [0.15, 0.2) is 0 Å². The van der Waals surface area contributed by atoms with Crippen molar-refractivity contribution in [3.05, 3.63) is 47.0 Å². The quantitative estimate of drug-likeness (QED) is 0.717. The number of amides is 1. The molecule has 0 spiro atoms. The van der Waals surface area contributed by atoms with Crippen LogP contribution in [0.5, 0.6) is 5.75 Å². The lowest BCUT2D eigenvalue weighted by Crippen LogP contribution is -2.38. The molecule has 1 fully saturated rings. The van der Waals surface area contributed by atoms with Gasteiger partial charge in [-0.1, -0.05) is 23.9 Å². The average molecular weight is 411 g/mol. The van der Waals surface area contributed by atoms with Crippen LogP contribution in [0.3, 0.4) is 0 Å². The van der Waals surface area contributed by atoms with E-state index in [4.69, 9.17) is 14.5 Å². The van der Waals surface area contributed by atoms with Crippen LogP contribution in [0.1, 0.15) is 38.8 Å². The van der Waals surface area contributed by atoms with Gasteiger partial charge >= 0.3 is 0 Å². The molecule has 5 nitrogen and oxygen atoms in total. The molecule has 0 saturated carbocycles. The smallest absolute Gasteiger partial charge is 0.232 e. The van der Waals surface area contributed by atoms with Crippen molar-refractivity contribution < 1.29 is 14.3 Å². The van der Waals surface area contributed by atoms with Crippen LogP contribution in [-0.2, 0) is 9.53 Å². The number of hydrogen-bond acceptors (Lipinski definition) is 5. The molecule has 29 heavy (non-hydrogen) atoms. The van der Waals surface area contributed by atoms with Crippen molar-refractivity contribution in [3.8, 4) is 5.75 Å². The van der Waals surface area contributed by atoms with Gasteiger partial charge in [0, 0.05) is 22.0 Å². The van der Waals surface area contributed by atoms with Crippen molar-refractivity contribution in [1.29, 1.82) is 0 Å². The minimum absolute atomic E-state index is 0.00326. The summed E-state index contributed by atoms with van der Waals surface area (Å²) in [6.45, 7) is 5.69. The third-order valence-corrected chi connectivity index (χ3v) is 6.12. The zero-order valence-corrected chi connectivity index (χ0v) is 17.7. The number of anilines is 1. The second-order valence-corrected chi connectivity index (χ2v) is 8.60. The van der Waals surface area contributed by atoms with E-state index in [1.807, 2.05) is 31.2 Å². The highest BCUT2D eigenvalue weighted by Crippen LogP contribution is 2.38. The molecule has 1 amide bonds. The first-order chi connectivity index (χ1) is 14.1. The van der Waals surface area contributed by atoms with Crippen molar-refractivity contribution >= 4 is 39.2 Å². The van der Waals surface area contributed by atoms with Gasteiger partial charge in [0.25, 0.3) is 0 Å². The van der Waals surface area contributed by atoms with E-state index in [9.17, 15) is 4.79 Å². The van der Waals surface area contributed by atoms with Gasteiger partial charge in [-0.2, -0.15) is 0 Å². The van der Waals surface area contributed by atoms with Crippen LogP contribution in [0.4, 0.5) is 5.69 Å². The molecule has 1 N–H and O–H groups in total. The van der Waals surface area contributed by atoms with Gasteiger partial charge in [0.2, 0.25) is 5.91 Å². The Morgan fingerprint density at radius 2 is 2.10 bits per heavy atom. The van der Waals surface area contributed by atoms with Gasteiger partial charge in [-0.05, 0) is 56.2 Å². The molecule has 3 heterocycles. The summed E-state index contributed by atoms with van der Waals surface area (Å²) in [6, 6.07) is 7.81. The Morgan fingerprint density at radius 1 is 1.28 bits per heavy atom. The van der Waals surface area contributed by atoms with E-state index in [0.29, 0.717) is 19.8 Å². The topological polar surface area (TPSA) is 60.5 Å². The lowest BCUT2D eigenvalue weighted by Gasteiger charge is -2.24. The second-order valence-electron chi connectivity index (χ2n) is 7.31. The Hall–Kier alpha value is -2.31. The summed E-state index contributed by atoms with van der Waals surface area (Å²) in [4.78, 5) is 19.6. The Kier molecular flexibility index (Phi) is 6.21. The Bertz CT molecular complexity index is 979. The van der Waals surface area contributed by atoms with Crippen molar-refractivity contribution in [2.75, 3.05) is 25.1 Å². The van der Waals surface area contributed by atoms with Crippen molar-refractivity contribution in [3.63, 3.8) is 0 Å². The van der Waals surface area contributed by atoms with Gasteiger partial charge < -0.3 is 14.8 Å². The van der Waals surface area contributed by atoms with Gasteiger partial charge in [0.1, 0.15) is 5.75 Å². The number of carbonyl (C=O) groups is 1. The predicted molar refractivity (Wildman–Crippen MR) is 119 cm³/mol. The first-order valence-electron chi connectivity index (χ1n) is 10.2. The fourth-order valence-electron chi connectivity index (χ4n) is 3.38. The minimum Gasteiger partial charge on any atom is -0.493 e. The van der Waals surface area contributed by atoms with Crippen LogP contribution < -0.4 is 10.1 Å². The molecule has 0 aliphatic carbocycles. The van der Waals surface area contributed by atoms with E-state index < -0.39 is 0 Å². The van der Waals surface area contributed by atoms with Crippen LogP contribution >= 0.6 is 11.8 Å². The number of nitrogens with zero attached hydrogens (tertiary/aromatic N) is 1. The number of hydrogen-bond donors (Lipinski definition) is 1. The van der Waals surface area contributed by atoms with E-state index in [1.54, 1.807) is 11.8 Å². The highest BCUT2D eigenvalue weighted by molar-refractivity contribution is 8.11. The van der Waals surface area contributed by atoms with Crippen LogP contribution in [0, 0.1) is 5.92 Å². The maximum absolute atomic E-state index is 12.2. The van der Waals surface area contributed by atoms with Crippen LogP contribution in [0.2, 0.25) is 0 Å². The lowest BCUT2D eigenvalue weighted by molar-refractivity contribution is -0.133. The summed E-state index contributed by atoms with van der Waals surface area (Å²) in [7, 11) is 0. The molecule has 1 saturated heterocycles. The molecule has 152 valence electrons. The van der Waals surface area contributed by atoms with Crippen molar-refractivity contribution in [2.45, 2.75) is 33.1 Å². The number of rotatable bonds is 5. The monoisotopic (exact) mass is 410 g/mol. The van der Waals surface area contributed by atoms with Crippen LogP contribution in [-0.4, -0.2) is 30.7 Å². The number of fused-ring (bicyclic) bond motifs is 1. The second kappa shape index (κ2) is 9.01. The Labute approximate surface area is 175 Å². The number of thioether (sulfide) groups is 1. The number of allylic oxidation sites excluding steroid dienone is 3. The Morgan fingerprint density at radius 3 is 2.86 bits per heavy atom. The molecule has 0 atom stereocenters. The molecule has 1 aromatic carbocycles. The SMILES string of the molecule is CCOc1cc(/C2=C/CCC/C=C(\C)S2)nc2ccc(NC(=O)C3COC3)cc12. The zero-order chi connectivity index (χ0) is 20.2. The average Bonchev–Trinajstić information content (AvgIpc) is 2.63. The van der Waals surface area contributed by atoms with Crippen LogP contribution in [0.15, 0.2) is 41.3 Å². The summed E-state index contributed by atoms with van der Waals surface area (Å²) < 4.78 is 11.1. The number of carbonyl (C=O) groups excluding carboxylic acids is 1. The molecular weight excluding hydrogens is 384 g/mol. The third kappa shape index (κ3) is 4.65.